The van der Waals surface area contributed by atoms with E-state index in [0.29, 0.717) is 12.0 Å². The number of carbonyl (C=O) groups excluding carboxylic acids is 2. The van der Waals surface area contributed by atoms with Crippen LogP contribution < -0.4 is 5.32 Å². The largest absolute Gasteiger partial charge is 0.350 e. The van der Waals surface area contributed by atoms with E-state index in [-0.39, 0.29) is 23.8 Å². The molecule has 1 amide bonds. The van der Waals surface area contributed by atoms with Gasteiger partial charge in [0, 0.05) is 29.9 Å². The molecule has 0 saturated carbocycles. The fourth-order valence-corrected chi connectivity index (χ4v) is 1.75. The zero-order chi connectivity index (χ0) is 14.5. The lowest BCUT2D eigenvalue weighted by atomic mass is 10.0. The van der Waals surface area contributed by atoms with Gasteiger partial charge in [0.15, 0.2) is 5.78 Å². The number of carbonyl (C=O) groups is 2. The fourth-order valence-electron chi connectivity index (χ4n) is 1.75. The molecular weight excluding hydrogens is 240 g/mol. The molecule has 0 bridgehead atoms. The molecular formula is C15H24N2O2. The Hall–Kier alpha value is -1.58. The molecule has 0 aliphatic heterocycles. The van der Waals surface area contributed by atoms with Crippen molar-refractivity contribution in [1.82, 2.24) is 9.88 Å². The molecule has 1 heterocycles. The standard InChI is InChI=1S/C15H24N2O2/c1-5-7-13(18)12-8-9-17(10-12)11-14(19)16-15(3,4)6-2/h8-10H,5-7,11H2,1-4H3,(H,16,19). The van der Waals surface area contributed by atoms with Crippen molar-refractivity contribution >= 4 is 11.7 Å². The van der Waals surface area contributed by atoms with E-state index in [1.165, 1.54) is 0 Å². The fraction of sp³-hybridized carbons (Fsp3) is 0.600. The molecule has 0 unspecified atom stereocenters. The number of amides is 1. The lowest BCUT2D eigenvalue weighted by Gasteiger charge is -2.24. The van der Waals surface area contributed by atoms with Crippen LogP contribution in [-0.4, -0.2) is 21.8 Å². The summed E-state index contributed by atoms with van der Waals surface area (Å²) in [5, 5.41) is 2.97. The molecule has 19 heavy (non-hydrogen) atoms. The number of hydrogen-bond donors (Lipinski definition) is 1. The molecule has 1 N–H and O–H groups in total. The number of aromatic nitrogens is 1. The van der Waals surface area contributed by atoms with Crippen LogP contribution in [0.5, 0.6) is 0 Å². The molecule has 0 aliphatic carbocycles. The van der Waals surface area contributed by atoms with Gasteiger partial charge in [-0.2, -0.15) is 0 Å². The first-order valence-electron chi connectivity index (χ1n) is 6.88. The van der Waals surface area contributed by atoms with Crippen LogP contribution in [-0.2, 0) is 11.3 Å². The van der Waals surface area contributed by atoms with Gasteiger partial charge < -0.3 is 9.88 Å². The van der Waals surface area contributed by atoms with Crippen LogP contribution in [0.3, 0.4) is 0 Å². The number of nitrogens with one attached hydrogen (secondary N) is 1. The molecule has 0 aromatic carbocycles. The van der Waals surface area contributed by atoms with Gasteiger partial charge in [0.05, 0.1) is 0 Å². The number of nitrogens with zero attached hydrogens (tertiary/aromatic N) is 1. The van der Waals surface area contributed by atoms with Gasteiger partial charge in [-0.3, -0.25) is 9.59 Å². The van der Waals surface area contributed by atoms with Gasteiger partial charge in [0.2, 0.25) is 5.91 Å². The maximum Gasteiger partial charge on any atom is 0.240 e. The van der Waals surface area contributed by atoms with Crippen molar-refractivity contribution in [3.05, 3.63) is 24.0 Å². The lowest BCUT2D eigenvalue weighted by molar-refractivity contribution is -0.123. The third-order valence-corrected chi connectivity index (χ3v) is 3.24. The minimum atomic E-state index is -0.189. The monoisotopic (exact) mass is 264 g/mol. The Labute approximate surface area is 115 Å². The first kappa shape index (κ1) is 15.5. The third kappa shape index (κ3) is 4.89. The highest BCUT2D eigenvalue weighted by Crippen LogP contribution is 2.09. The second-order valence-electron chi connectivity index (χ2n) is 5.53. The number of Topliss-reactive ketones (excluding diaryl/α,β-unsaturated/α-hetero) is 1. The molecule has 0 aliphatic rings. The molecule has 4 heteroatoms. The van der Waals surface area contributed by atoms with E-state index in [0.717, 1.165) is 12.8 Å². The second kappa shape index (κ2) is 6.55. The van der Waals surface area contributed by atoms with E-state index in [4.69, 9.17) is 0 Å². The maximum absolute atomic E-state index is 11.9. The van der Waals surface area contributed by atoms with Crippen LogP contribution in [0.4, 0.5) is 0 Å². The number of ketones is 1. The lowest BCUT2D eigenvalue weighted by Crippen LogP contribution is -2.44. The zero-order valence-corrected chi connectivity index (χ0v) is 12.3. The molecule has 106 valence electrons. The average molecular weight is 264 g/mol. The number of hydrogen-bond acceptors (Lipinski definition) is 2. The predicted octanol–water partition coefficient (Wildman–Crippen LogP) is 2.78. The molecule has 1 rings (SSSR count). The van der Waals surface area contributed by atoms with Gasteiger partial charge in [-0.1, -0.05) is 13.8 Å². The molecule has 4 nitrogen and oxygen atoms in total. The van der Waals surface area contributed by atoms with Crippen molar-refractivity contribution in [1.29, 1.82) is 0 Å². The first-order chi connectivity index (χ1) is 8.88. The quantitative estimate of drug-likeness (QED) is 0.770. The van der Waals surface area contributed by atoms with E-state index in [1.54, 1.807) is 23.0 Å². The Kier molecular flexibility index (Phi) is 5.33. The van der Waals surface area contributed by atoms with Crippen LogP contribution >= 0.6 is 0 Å². The molecule has 0 atom stereocenters. The molecule has 1 aromatic rings. The van der Waals surface area contributed by atoms with Crippen LogP contribution in [0.15, 0.2) is 18.5 Å². The summed E-state index contributed by atoms with van der Waals surface area (Å²) in [4.78, 5) is 23.6. The normalized spacial score (nSPS) is 11.4. The molecule has 0 saturated heterocycles. The Bertz CT molecular complexity index is 447. The van der Waals surface area contributed by atoms with E-state index >= 15 is 0 Å². The summed E-state index contributed by atoms with van der Waals surface area (Å²) >= 11 is 0. The van der Waals surface area contributed by atoms with Crippen molar-refractivity contribution < 1.29 is 9.59 Å². The van der Waals surface area contributed by atoms with Gasteiger partial charge in [-0.05, 0) is 32.8 Å². The second-order valence-corrected chi connectivity index (χ2v) is 5.53. The van der Waals surface area contributed by atoms with Crippen LogP contribution in [0.1, 0.15) is 57.3 Å². The van der Waals surface area contributed by atoms with Crippen LogP contribution in [0, 0.1) is 0 Å². The first-order valence-corrected chi connectivity index (χ1v) is 6.88. The number of rotatable bonds is 7. The Morgan fingerprint density at radius 2 is 2.00 bits per heavy atom. The minimum absolute atomic E-state index is 0.0306. The summed E-state index contributed by atoms with van der Waals surface area (Å²) in [6, 6.07) is 1.77. The molecule has 0 radical (unpaired) electrons. The van der Waals surface area contributed by atoms with E-state index < -0.39 is 0 Å². The highest BCUT2D eigenvalue weighted by atomic mass is 16.2. The van der Waals surface area contributed by atoms with Crippen molar-refractivity contribution in [3.63, 3.8) is 0 Å². The molecule has 1 aromatic heterocycles. The van der Waals surface area contributed by atoms with Gasteiger partial charge in [-0.15, -0.1) is 0 Å². The summed E-state index contributed by atoms with van der Waals surface area (Å²) in [6.45, 7) is 8.27. The summed E-state index contributed by atoms with van der Waals surface area (Å²) in [6.07, 6.45) is 5.80. The van der Waals surface area contributed by atoms with E-state index in [1.807, 2.05) is 27.7 Å². The Morgan fingerprint density at radius 1 is 1.32 bits per heavy atom. The third-order valence-electron chi connectivity index (χ3n) is 3.24. The van der Waals surface area contributed by atoms with E-state index in [2.05, 4.69) is 5.32 Å². The summed E-state index contributed by atoms with van der Waals surface area (Å²) in [5.41, 5.74) is 0.495. The summed E-state index contributed by atoms with van der Waals surface area (Å²) < 4.78 is 1.75. The van der Waals surface area contributed by atoms with Crippen LogP contribution in [0.25, 0.3) is 0 Å². The van der Waals surface area contributed by atoms with Crippen molar-refractivity contribution in [3.8, 4) is 0 Å². The van der Waals surface area contributed by atoms with Gasteiger partial charge in [0.25, 0.3) is 0 Å². The maximum atomic E-state index is 11.9. The zero-order valence-electron chi connectivity index (χ0n) is 12.3. The Morgan fingerprint density at radius 3 is 2.58 bits per heavy atom. The topological polar surface area (TPSA) is 51.1 Å². The SMILES string of the molecule is CCCC(=O)c1ccn(CC(=O)NC(C)(C)CC)c1. The van der Waals surface area contributed by atoms with Crippen molar-refractivity contribution in [2.45, 2.75) is 59.0 Å². The minimum Gasteiger partial charge on any atom is -0.350 e. The van der Waals surface area contributed by atoms with Crippen molar-refractivity contribution in [2.24, 2.45) is 0 Å². The summed E-state index contributed by atoms with van der Waals surface area (Å²) in [7, 11) is 0. The molecule has 0 spiro atoms. The highest BCUT2D eigenvalue weighted by molar-refractivity contribution is 5.95. The van der Waals surface area contributed by atoms with E-state index in [9.17, 15) is 9.59 Å². The van der Waals surface area contributed by atoms with Gasteiger partial charge in [0.1, 0.15) is 6.54 Å². The van der Waals surface area contributed by atoms with Gasteiger partial charge >= 0.3 is 0 Å². The average Bonchev–Trinajstić information content (AvgIpc) is 2.77. The van der Waals surface area contributed by atoms with Crippen molar-refractivity contribution in [2.75, 3.05) is 0 Å². The predicted molar refractivity (Wildman–Crippen MR) is 76.2 cm³/mol. The van der Waals surface area contributed by atoms with Gasteiger partial charge in [-0.25, -0.2) is 0 Å². The van der Waals surface area contributed by atoms with Crippen LogP contribution in [0.2, 0.25) is 0 Å². The molecule has 0 fully saturated rings. The summed E-state index contributed by atoms with van der Waals surface area (Å²) in [5.74, 6) is 0.104. The highest BCUT2D eigenvalue weighted by Gasteiger charge is 2.18. The smallest absolute Gasteiger partial charge is 0.240 e. The Balaban J connectivity index is 2.59.